The quantitative estimate of drug-likeness (QED) is 0.321. The molecule has 4 heteroatoms. The summed E-state index contributed by atoms with van der Waals surface area (Å²) in [6, 6.07) is 0. The summed E-state index contributed by atoms with van der Waals surface area (Å²) in [6.45, 7) is 14.4. The van der Waals surface area contributed by atoms with Gasteiger partial charge in [0.05, 0.1) is 6.10 Å². The van der Waals surface area contributed by atoms with Crippen molar-refractivity contribution in [1.82, 2.24) is 0 Å². The van der Waals surface area contributed by atoms with E-state index in [-0.39, 0.29) is 6.10 Å². The zero-order valence-corrected chi connectivity index (χ0v) is 14.8. The Morgan fingerprint density at radius 1 is 1.06 bits per heavy atom. The van der Waals surface area contributed by atoms with Crippen LogP contribution >= 0.6 is 0 Å². The van der Waals surface area contributed by atoms with Crippen molar-refractivity contribution >= 4 is 16.4 Å². The van der Waals surface area contributed by atoms with Crippen LogP contribution in [0.15, 0.2) is 0 Å². The molecule has 1 rings (SSSR count). The summed E-state index contributed by atoms with van der Waals surface area (Å²) >= 11 is 0. The minimum absolute atomic E-state index is 0.231. The molecule has 0 aromatic rings. The fourth-order valence-corrected chi connectivity index (χ4v) is 2.93. The van der Waals surface area contributed by atoms with Gasteiger partial charge >= 0.3 is 0 Å². The van der Waals surface area contributed by atoms with E-state index in [1.165, 1.54) is 6.42 Å². The second kappa shape index (κ2) is 6.38. The fraction of sp³-hybridized carbons (Fsp3) is 0.857. The molecule has 0 radical (unpaired) electrons. The lowest BCUT2D eigenvalue weighted by molar-refractivity contribution is 0.293. The molecule has 0 unspecified atom stereocenters. The highest BCUT2D eigenvalue weighted by molar-refractivity contribution is 6.83. The average molecular weight is 285 g/mol. The van der Waals surface area contributed by atoms with Crippen LogP contribution in [-0.4, -0.2) is 35.2 Å². The molecule has 1 aliphatic rings. The summed E-state index contributed by atoms with van der Waals surface area (Å²) in [5.74, 6) is 3.28. The molecule has 2 nitrogen and oxygen atoms in total. The monoisotopic (exact) mass is 284 g/mol. The minimum atomic E-state index is -1.31. The van der Waals surface area contributed by atoms with Gasteiger partial charge in [0, 0.05) is 6.61 Å². The second-order valence-electron chi connectivity index (χ2n) is 7.07. The summed E-state index contributed by atoms with van der Waals surface area (Å²) in [4.78, 5) is 0. The highest BCUT2D eigenvalue weighted by Gasteiger charge is 2.36. The summed E-state index contributed by atoms with van der Waals surface area (Å²) in [6.07, 6.45) is 4.12. The van der Waals surface area contributed by atoms with Crippen molar-refractivity contribution in [3.8, 4) is 11.5 Å². The number of hydrogen-bond acceptors (Lipinski definition) is 2. The van der Waals surface area contributed by atoms with E-state index < -0.39 is 16.4 Å². The molecule has 0 aromatic heterocycles. The molecule has 18 heavy (non-hydrogen) atoms. The largest absolute Gasteiger partial charge is 0.418 e. The van der Waals surface area contributed by atoms with Gasteiger partial charge in [0.15, 0.2) is 8.32 Å². The Morgan fingerprint density at radius 3 is 2.28 bits per heavy atom. The Morgan fingerprint density at radius 2 is 1.72 bits per heavy atom. The van der Waals surface area contributed by atoms with E-state index in [4.69, 9.17) is 9.16 Å². The normalized spacial score (nSPS) is 23.4. The van der Waals surface area contributed by atoms with E-state index in [0.717, 1.165) is 19.4 Å². The lowest BCUT2D eigenvalue weighted by Gasteiger charge is -2.16. The first kappa shape index (κ1) is 16.0. The molecule has 0 aromatic carbocycles. The predicted molar refractivity (Wildman–Crippen MR) is 82.9 cm³/mol. The SMILES string of the molecule is C[Si](C)(C)C#C[C@H]1O[C@@H]1CCCCO[Si](C)(C)C. The smallest absolute Gasteiger partial charge is 0.183 e. The zero-order valence-electron chi connectivity index (χ0n) is 12.8. The van der Waals surface area contributed by atoms with Gasteiger partial charge in [-0.15, -0.1) is 5.54 Å². The first-order chi connectivity index (χ1) is 8.17. The maximum Gasteiger partial charge on any atom is 0.183 e. The highest BCUT2D eigenvalue weighted by Crippen LogP contribution is 2.26. The molecular weight excluding hydrogens is 256 g/mol. The molecule has 0 N–H and O–H groups in total. The molecule has 1 aliphatic heterocycles. The average Bonchev–Trinajstić information content (AvgIpc) is 2.90. The Kier molecular flexibility index (Phi) is 5.66. The highest BCUT2D eigenvalue weighted by atomic mass is 28.4. The van der Waals surface area contributed by atoms with E-state index in [1.54, 1.807) is 0 Å². The lowest BCUT2D eigenvalue weighted by Crippen LogP contribution is -2.25. The fourth-order valence-electron chi connectivity index (χ4n) is 1.60. The van der Waals surface area contributed by atoms with Crippen molar-refractivity contribution in [2.45, 2.75) is 70.8 Å². The molecular formula is C14H28O2Si2. The van der Waals surface area contributed by atoms with Gasteiger partial charge < -0.3 is 9.16 Å². The Hall–Kier alpha value is -0.0862. The molecule has 1 saturated heterocycles. The molecule has 0 aliphatic carbocycles. The van der Waals surface area contributed by atoms with Gasteiger partial charge in [0.25, 0.3) is 0 Å². The van der Waals surface area contributed by atoms with Gasteiger partial charge in [0.2, 0.25) is 0 Å². The Labute approximate surface area is 115 Å². The summed E-state index contributed by atoms with van der Waals surface area (Å²) in [5, 5.41) is 0. The standard InChI is InChI=1S/C14H28O2Si2/c1-17(2,3)12-10-14-13(16-14)9-7-8-11-15-18(4,5)6/h13-14H,7-9,11H2,1-6H3/t13-,14-/m1/s1. The van der Waals surface area contributed by atoms with Crippen LogP contribution in [-0.2, 0) is 9.16 Å². The predicted octanol–water partition coefficient (Wildman–Crippen LogP) is 3.66. The lowest BCUT2D eigenvalue weighted by atomic mass is 10.1. The Balaban J connectivity index is 2.05. The maximum absolute atomic E-state index is 5.83. The summed E-state index contributed by atoms with van der Waals surface area (Å²) in [5.41, 5.74) is 3.38. The molecule has 1 heterocycles. The zero-order chi connectivity index (χ0) is 13.8. The number of ether oxygens (including phenoxy) is 1. The van der Waals surface area contributed by atoms with Gasteiger partial charge in [-0.25, -0.2) is 0 Å². The van der Waals surface area contributed by atoms with Crippen LogP contribution in [0.4, 0.5) is 0 Å². The third kappa shape index (κ3) is 8.09. The number of unbranched alkanes of at least 4 members (excludes halogenated alkanes) is 1. The van der Waals surface area contributed by atoms with Crippen molar-refractivity contribution in [2.24, 2.45) is 0 Å². The van der Waals surface area contributed by atoms with Crippen LogP contribution in [0.2, 0.25) is 39.3 Å². The van der Waals surface area contributed by atoms with E-state index in [2.05, 4.69) is 50.7 Å². The van der Waals surface area contributed by atoms with Crippen molar-refractivity contribution in [3.05, 3.63) is 0 Å². The van der Waals surface area contributed by atoms with Crippen LogP contribution in [0, 0.1) is 11.5 Å². The summed E-state index contributed by atoms with van der Waals surface area (Å²) in [7, 11) is -2.55. The minimum Gasteiger partial charge on any atom is -0.418 e. The van der Waals surface area contributed by atoms with Gasteiger partial charge in [-0.05, 0) is 38.9 Å². The molecule has 104 valence electrons. The van der Waals surface area contributed by atoms with E-state index >= 15 is 0 Å². The molecule has 1 fully saturated rings. The molecule has 2 atom stereocenters. The van der Waals surface area contributed by atoms with Crippen molar-refractivity contribution in [3.63, 3.8) is 0 Å². The molecule has 0 spiro atoms. The van der Waals surface area contributed by atoms with Crippen molar-refractivity contribution < 1.29 is 9.16 Å². The van der Waals surface area contributed by atoms with E-state index in [0.29, 0.717) is 6.10 Å². The third-order valence-corrected chi connectivity index (χ3v) is 4.55. The maximum atomic E-state index is 5.83. The molecule has 0 bridgehead atoms. The van der Waals surface area contributed by atoms with Gasteiger partial charge in [-0.3, -0.25) is 0 Å². The summed E-state index contributed by atoms with van der Waals surface area (Å²) < 4.78 is 11.4. The van der Waals surface area contributed by atoms with Crippen LogP contribution in [0.1, 0.15) is 19.3 Å². The number of rotatable bonds is 6. The number of hydrogen-bond donors (Lipinski definition) is 0. The van der Waals surface area contributed by atoms with Crippen LogP contribution in [0.25, 0.3) is 0 Å². The van der Waals surface area contributed by atoms with E-state index in [9.17, 15) is 0 Å². The molecule has 0 saturated carbocycles. The van der Waals surface area contributed by atoms with Crippen LogP contribution in [0.5, 0.6) is 0 Å². The first-order valence-electron chi connectivity index (χ1n) is 6.99. The van der Waals surface area contributed by atoms with Crippen molar-refractivity contribution in [2.75, 3.05) is 6.61 Å². The van der Waals surface area contributed by atoms with E-state index in [1.807, 2.05) is 0 Å². The second-order valence-corrected chi connectivity index (χ2v) is 16.3. The Bertz CT molecular complexity index is 317. The molecule has 0 amide bonds. The van der Waals surface area contributed by atoms with Crippen LogP contribution in [0.3, 0.4) is 0 Å². The van der Waals surface area contributed by atoms with Crippen LogP contribution < -0.4 is 0 Å². The van der Waals surface area contributed by atoms with Gasteiger partial charge in [-0.2, -0.15) is 0 Å². The van der Waals surface area contributed by atoms with Gasteiger partial charge in [-0.1, -0.05) is 25.6 Å². The first-order valence-corrected chi connectivity index (χ1v) is 13.9. The topological polar surface area (TPSA) is 21.8 Å². The number of epoxide rings is 1. The third-order valence-electron chi connectivity index (χ3n) is 2.59. The van der Waals surface area contributed by atoms with Crippen molar-refractivity contribution in [1.29, 1.82) is 0 Å². The van der Waals surface area contributed by atoms with Gasteiger partial charge in [0.1, 0.15) is 14.2 Å².